The van der Waals surface area contributed by atoms with Crippen LogP contribution >= 0.6 is 11.8 Å². The molecule has 0 saturated carbocycles. The zero-order chi connectivity index (χ0) is 19.2. The Morgan fingerprint density at radius 1 is 1.12 bits per heavy atom. The SMILES string of the molecule is CCCC(COc1ccc(C(F)(F)F)cc1)CSc1ccc(O)c(C)c1. The fraction of sp³-hybridized carbons (Fsp3) is 0.400. The molecule has 0 aliphatic carbocycles. The molecule has 1 atom stereocenters. The summed E-state index contributed by atoms with van der Waals surface area (Å²) in [6, 6.07) is 10.3. The van der Waals surface area contributed by atoms with Crippen LogP contribution in [-0.2, 0) is 6.18 Å². The monoisotopic (exact) mass is 384 g/mol. The van der Waals surface area contributed by atoms with Gasteiger partial charge in [0.15, 0.2) is 0 Å². The number of aryl methyl sites for hydroxylation is 1. The van der Waals surface area contributed by atoms with Crippen LogP contribution in [0.25, 0.3) is 0 Å². The number of phenolic OH excluding ortho intramolecular Hbond substituents is 1. The first-order valence-electron chi connectivity index (χ1n) is 8.52. The van der Waals surface area contributed by atoms with E-state index in [1.807, 2.05) is 19.1 Å². The van der Waals surface area contributed by atoms with Gasteiger partial charge >= 0.3 is 6.18 Å². The lowest BCUT2D eigenvalue weighted by molar-refractivity contribution is -0.137. The van der Waals surface area contributed by atoms with Crippen LogP contribution in [0.1, 0.15) is 30.9 Å². The van der Waals surface area contributed by atoms with Gasteiger partial charge in [-0.2, -0.15) is 13.2 Å². The molecule has 0 spiro atoms. The van der Waals surface area contributed by atoms with Gasteiger partial charge in [0.2, 0.25) is 0 Å². The molecule has 0 amide bonds. The fourth-order valence-electron chi connectivity index (χ4n) is 2.51. The van der Waals surface area contributed by atoms with Gasteiger partial charge in [-0.05, 0) is 61.4 Å². The summed E-state index contributed by atoms with van der Waals surface area (Å²) in [5, 5.41) is 9.59. The summed E-state index contributed by atoms with van der Waals surface area (Å²) in [5.41, 5.74) is 0.163. The van der Waals surface area contributed by atoms with E-state index in [2.05, 4.69) is 6.92 Å². The summed E-state index contributed by atoms with van der Waals surface area (Å²) in [5.74, 6) is 1.87. The minimum Gasteiger partial charge on any atom is -0.508 e. The second-order valence-corrected chi connectivity index (χ2v) is 7.34. The summed E-state index contributed by atoms with van der Waals surface area (Å²) in [7, 11) is 0. The van der Waals surface area contributed by atoms with Crippen molar-refractivity contribution in [2.75, 3.05) is 12.4 Å². The summed E-state index contributed by atoms with van der Waals surface area (Å²) in [6.45, 7) is 4.42. The zero-order valence-electron chi connectivity index (χ0n) is 14.8. The Labute approximate surface area is 156 Å². The maximum absolute atomic E-state index is 12.6. The molecule has 2 aromatic rings. The van der Waals surface area contributed by atoms with Crippen LogP contribution in [0.15, 0.2) is 47.4 Å². The summed E-state index contributed by atoms with van der Waals surface area (Å²) in [4.78, 5) is 1.08. The number of benzene rings is 2. The van der Waals surface area contributed by atoms with Crippen molar-refractivity contribution in [3.63, 3.8) is 0 Å². The van der Waals surface area contributed by atoms with E-state index in [4.69, 9.17) is 4.74 Å². The molecular formula is C20H23F3O2S. The van der Waals surface area contributed by atoms with E-state index in [1.54, 1.807) is 17.8 Å². The van der Waals surface area contributed by atoms with Crippen molar-refractivity contribution >= 4 is 11.8 Å². The molecule has 0 bridgehead atoms. The molecule has 0 aliphatic heterocycles. The number of ether oxygens (including phenoxy) is 1. The number of halogens is 3. The Kier molecular flexibility index (Phi) is 7.26. The van der Waals surface area contributed by atoms with Gasteiger partial charge in [0.05, 0.1) is 12.2 Å². The molecule has 0 fully saturated rings. The molecule has 0 heterocycles. The highest BCUT2D eigenvalue weighted by molar-refractivity contribution is 7.99. The van der Waals surface area contributed by atoms with E-state index in [1.165, 1.54) is 12.1 Å². The van der Waals surface area contributed by atoms with Crippen LogP contribution in [-0.4, -0.2) is 17.5 Å². The fourth-order valence-corrected chi connectivity index (χ4v) is 3.62. The smallest absolute Gasteiger partial charge is 0.416 e. The molecule has 1 unspecified atom stereocenters. The van der Waals surface area contributed by atoms with Crippen LogP contribution in [0.5, 0.6) is 11.5 Å². The highest BCUT2D eigenvalue weighted by Crippen LogP contribution is 2.31. The Balaban J connectivity index is 1.90. The van der Waals surface area contributed by atoms with Gasteiger partial charge in [0.25, 0.3) is 0 Å². The van der Waals surface area contributed by atoms with Crippen LogP contribution in [0.2, 0.25) is 0 Å². The predicted octanol–water partition coefficient (Wildman–Crippen LogP) is 6.31. The van der Waals surface area contributed by atoms with Gasteiger partial charge in [-0.1, -0.05) is 13.3 Å². The minimum atomic E-state index is -4.33. The molecule has 2 rings (SSSR count). The highest BCUT2D eigenvalue weighted by atomic mass is 32.2. The van der Waals surface area contributed by atoms with Crippen molar-refractivity contribution in [3.05, 3.63) is 53.6 Å². The molecular weight excluding hydrogens is 361 g/mol. The second-order valence-electron chi connectivity index (χ2n) is 6.25. The topological polar surface area (TPSA) is 29.5 Å². The number of thioether (sulfide) groups is 1. The summed E-state index contributed by atoms with van der Waals surface area (Å²) in [6.07, 6.45) is -2.34. The maximum atomic E-state index is 12.6. The first kappa shape index (κ1) is 20.5. The largest absolute Gasteiger partial charge is 0.508 e. The van der Waals surface area contributed by atoms with E-state index in [0.29, 0.717) is 18.3 Å². The molecule has 6 heteroatoms. The lowest BCUT2D eigenvalue weighted by Gasteiger charge is -2.17. The number of alkyl halides is 3. The third kappa shape index (κ3) is 6.16. The third-order valence-corrected chi connectivity index (χ3v) is 5.24. The van der Waals surface area contributed by atoms with E-state index in [-0.39, 0.29) is 5.75 Å². The molecule has 2 nitrogen and oxygen atoms in total. The number of rotatable bonds is 8. The van der Waals surface area contributed by atoms with Gasteiger partial charge in [0, 0.05) is 16.6 Å². The normalized spacial score (nSPS) is 12.8. The predicted molar refractivity (Wildman–Crippen MR) is 98.9 cm³/mol. The van der Waals surface area contributed by atoms with Crippen LogP contribution in [0.3, 0.4) is 0 Å². The summed E-state index contributed by atoms with van der Waals surface area (Å²) >= 11 is 1.69. The van der Waals surface area contributed by atoms with Crippen molar-refractivity contribution in [1.82, 2.24) is 0 Å². The first-order valence-corrected chi connectivity index (χ1v) is 9.50. The number of hydrogen-bond acceptors (Lipinski definition) is 3. The Bertz CT molecular complexity index is 699. The highest BCUT2D eigenvalue weighted by Gasteiger charge is 2.30. The van der Waals surface area contributed by atoms with Crippen molar-refractivity contribution in [3.8, 4) is 11.5 Å². The Hall–Kier alpha value is -1.82. The van der Waals surface area contributed by atoms with E-state index in [9.17, 15) is 18.3 Å². The van der Waals surface area contributed by atoms with Crippen LogP contribution < -0.4 is 4.74 Å². The van der Waals surface area contributed by atoms with E-state index < -0.39 is 11.7 Å². The van der Waals surface area contributed by atoms with Crippen LogP contribution in [0.4, 0.5) is 13.2 Å². The second kappa shape index (κ2) is 9.21. The molecule has 1 N–H and O–H groups in total. The maximum Gasteiger partial charge on any atom is 0.416 e. The lowest BCUT2D eigenvalue weighted by Crippen LogP contribution is -2.14. The molecule has 0 radical (unpaired) electrons. The summed E-state index contributed by atoms with van der Waals surface area (Å²) < 4.78 is 43.5. The Morgan fingerprint density at radius 3 is 2.38 bits per heavy atom. The molecule has 142 valence electrons. The molecule has 0 aromatic heterocycles. The van der Waals surface area contributed by atoms with Crippen molar-refractivity contribution < 1.29 is 23.0 Å². The average Bonchev–Trinajstić information content (AvgIpc) is 2.60. The van der Waals surface area contributed by atoms with E-state index in [0.717, 1.165) is 41.2 Å². The standard InChI is InChI=1S/C20H23F3O2S/c1-3-4-15(13-26-18-9-10-19(24)14(2)11-18)12-25-17-7-5-16(6-8-17)20(21,22)23/h5-11,15,24H,3-4,12-13H2,1-2H3. The molecule has 0 aliphatic rings. The van der Waals surface area contributed by atoms with Gasteiger partial charge in [-0.15, -0.1) is 11.8 Å². The molecule has 2 aromatic carbocycles. The lowest BCUT2D eigenvalue weighted by atomic mass is 10.1. The zero-order valence-corrected chi connectivity index (χ0v) is 15.7. The number of aromatic hydroxyl groups is 1. The minimum absolute atomic E-state index is 0.282. The van der Waals surface area contributed by atoms with Crippen molar-refractivity contribution in [2.45, 2.75) is 37.8 Å². The molecule has 0 saturated heterocycles. The first-order chi connectivity index (χ1) is 12.3. The quantitative estimate of drug-likeness (QED) is 0.541. The van der Waals surface area contributed by atoms with Gasteiger partial charge < -0.3 is 9.84 Å². The van der Waals surface area contributed by atoms with E-state index >= 15 is 0 Å². The van der Waals surface area contributed by atoms with Gasteiger partial charge in [-0.25, -0.2) is 0 Å². The average molecular weight is 384 g/mol. The van der Waals surface area contributed by atoms with Gasteiger partial charge in [-0.3, -0.25) is 0 Å². The van der Waals surface area contributed by atoms with Crippen molar-refractivity contribution in [2.24, 2.45) is 5.92 Å². The number of phenols is 1. The van der Waals surface area contributed by atoms with Crippen molar-refractivity contribution in [1.29, 1.82) is 0 Å². The van der Waals surface area contributed by atoms with Crippen LogP contribution in [0, 0.1) is 12.8 Å². The Morgan fingerprint density at radius 2 is 1.81 bits per heavy atom. The molecule has 26 heavy (non-hydrogen) atoms. The van der Waals surface area contributed by atoms with Gasteiger partial charge in [0.1, 0.15) is 11.5 Å². The third-order valence-electron chi connectivity index (χ3n) is 4.02. The number of hydrogen-bond donors (Lipinski definition) is 1.